The highest BCUT2D eigenvalue weighted by molar-refractivity contribution is 4.35. The van der Waals surface area contributed by atoms with Gasteiger partial charge in [-0.05, 0) is 12.8 Å². The summed E-state index contributed by atoms with van der Waals surface area (Å²) in [6.45, 7) is 8.30. The average molecular weight is 280 g/mol. The highest BCUT2D eigenvalue weighted by Gasteiger charge is 1.88. The number of aliphatic hydroxyl groups excluding tert-OH is 2. The van der Waals surface area contributed by atoms with E-state index in [0.29, 0.717) is 13.2 Å². The third-order valence-electron chi connectivity index (χ3n) is 2.13. The molecule has 0 fully saturated rings. The Hall–Kier alpha value is -0.200. The van der Waals surface area contributed by atoms with E-state index in [4.69, 9.17) is 19.7 Å². The Morgan fingerprint density at radius 2 is 0.947 bits per heavy atom. The molecule has 0 bridgehead atoms. The van der Waals surface area contributed by atoms with Gasteiger partial charge in [0.2, 0.25) is 0 Å². The lowest BCUT2D eigenvalue weighted by molar-refractivity contribution is 0.0457. The smallest absolute Gasteiger partial charge is 0.0700 e. The van der Waals surface area contributed by atoms with Crippen LogP contribution in [-0.4, -0.2) is 63.1 Å². The summed E-state index contributed by atoms with van der Waals surface area (Å²) in [5.74, 6) is 0. The Bertz CT molecular complexity index is 119. The lowest BCUT2D eigenvalue weighted by Gasteiger charge is -2.03. The van der Waals surface area contributed by atoms with Gasteiger partial charge in [-0.15, -0.1) is 0 Å². The largest absolute Gasteiger partial charge is 0.394 e. The van der Waals surface area contributed by atoms with Gasteiger partial charge in [-0.25, -0.2) is 0 Å². The zero-order valence-corrected chi connectivity index (χ0v) is 12.6. The molecular formula is C14H32O5. The zero-order valence-electron chi connectivity index (χ0n) is 12.6. The van der Waals surface area contributed by atoms with Gasteiger partial charge in [0.05, 0.1) is 39.6 Å². The lowest BCUT2D eigenvalue weighted by Crippen LogP contribution is -2.05. The number of unbranched alkanes of at least 4 members (excludes halogenated alkanes) is 2. The molecule has 0 aliphatic heterocycles. The second kappa shape index (κ2) is 22.9. The Kier molecular flexibility index (Phi) is 25.5. The van der Waals surface area contributed by atoms with Crippen LogP contribution in [0.3, 0.4) is 0 Å². The van der Waals surface area contributed by atoms with Crippen LogP contribution in [0.25, 0.3) is 0 Å². The van der Waals surface area contributed by atoms with E-state index in [0.717, 1.165) is 39.3 Å². The molecule has 0 spiro atoms. The first kappa shape index (κ1) is 21.1. The van der Waals surface area contributed by atoms with Crippen LogP contribution in [0.1, 0.15) is 39.5 Å². The normalized spacial score (nSPS) is 10.1. The molecule has 0 saturated carbocycles. The van der Waals surface area contributed by atoms with E-state index in [1.807, 2.05) is 0 Å². The van der Waals surface area contributed by atoms with E-state index in [2.05, 4.69) is 18.6 Å². The van der Waals surface area contributed by atoms with Crippen LogP contribution < -0.4 is 0 Å². The van der Waals surface area contributed by atoms with Crippen molar-refractivity contribution in [1.29, 1.82) is 0 Å². The van der Waals surface area contributed by atoms with Gasteiger partial charge < -0.3 is 24.4 Å². The summed E-state index contributed by atoms with van der Waals surface area (Å²) in [6.07, 6.45) is 4.73. The number of aliphatic hydroxyl groups is 2. The van der Waals surface area contributed by atoms with E-state index in [-0.39, 0.29) is 13.2 Å². The third kappa shape index (κ3) is 27.1. The van der Waals surface area contributed by atoms with Gasteiger partial charge >= 0.3 is 0 Å². The molecule has 0 rings (SSSR count). The molecule has 0 saturated heterocycles. The molecule has 0 unspecified atom stereocenters. The summed E-state index contributed by atoms with van der Waals surface area (Å²) in [4.78, 5) is 0. The number of ether oxygens (including phenoxy) is 3. The van der Waals surface area contributed by atoms with Gasteiger partial charge in [-0.2, -0.15) is 0 Å². The van der Waals surface area contributed by atoms with Crippen molar-refractivity contribution in [2.24, 2.45) is 0 Å². The standard InChI is InChI=1S/C10H22O2.C4H10O3/c1-3-5-7-11-9-10-12-8-6-4-2;5-1-3-7-4-2-6/h3-10H2,1-2H3;5-6H,1-4H2. The van der Waals surface area contributed by atoms with Crippen LogP contribution >= 0.6 is 0 Å². The second-order valence-electron chi connectivity index (χ2n) is 3.99. The first-order valence-electron chi connectivity index (χ1n) is 7.28. The van der Waals surface area contributed by atoms with Crippen molar-refractivity contribution in [3.05, 3.63) is 0 Å². The number of rotatable bonds is 13. The maximum Gasteiger partial charge on any atom is 0.0700 e. The van der Waals surface area contributed by atoms with Crippen molar-refractivity contribution in [2.75, 3.05) is 52.9 Å². The van der Waals surface area contributed by atoms with Crippen molar-refractivity contribution in [3.8, 4) is 0 Å². The molecule has 5 nitrogen and oxygen atoms in total. The minimum Gasteiger partial charge on any atom is -0.394 e. The molecular weight excluding hydrogens is 248 g/mol. The Balaban J connectivity index is 0. The molecule has 0 amide bonds. The molecule has 5 heteroatoms. The zero-order chi connectivity index (χ0) is 14.6. The van der Waals surface area contributed by atoms with Crippen molar-refractivity contribution in [1.82, 2.24) is 0 Å². The van der Waals surface area contributed by atoms with Gasteiger partial charge in [0.1, 0.15) is 0 Å². The number of hydrogen-bond donors (Lipinski definition) is 2. The fourth-order valence-corrected chi connectivity index (χ4v) is 1.05. The minimum absolute atomic E-state index is 0.0278. The van der Waals surface area contributed by atoms with Crippen molar-refractivity contribution in [2.45, 2.75) is 39.5 Å². The maximum atomic E-state index is 8.09. The molecule has 0 aromatic carbocycles. The summed E-state index contributed by atoms with van der Waals surface area (Å²) >= 11 is 0. The summed E-state index contributed by atoms with van der Waals surface area (Å²) < 4.78 is 15.3. The van der Waals surface area contributed by atoms with Gasteiger partial charge in [0.25, 0.3) is 0 Å². The van der Waals surface area contributed by atoms with Gasteiger partial charge in [0, 0.05) is 13.2 Å². The van der Waals surface area contributed by atoms with Crippen molar-refractivity contribution < 1.29 is 24.4 Å². The van der Waals surface area contributed by atoms with Crippen LogP contribution in [0.15, 0.2) is 0 Å². The molecule has 0 heterocycles. The highest BCUT2D eigenvalue weighted by atomic mass is 16.5. The summed E-state index contributed by atoms with van der Waals surface area (Å²) in [5.41, 5.74) is 0. The Labute approximate surface area is 117 Å². The van der Waals surface area contributed by atoms with Crippen LogP contribution in [0.2, 0.25) is 0 Å². The van der Waals surface area contributed by atoms with E-state index in [1.165, 1.54) is 12.8 Å². The Morgan fingerprint density at radius 1 is 0.579 bits per heavy atom. The summed E-state index contributed by atoms with van der Waals surface area (Å²) in [5, 5.41) is 16.2. The monoisotopic (exact) mass is 280 g/mol. The highest BCUT2D eigenvalue weighted by Crippen LogP contribution is 1.90. The molecule has 0 aromatic rings. The lowest BCUT2D eigenvalue weighted by atomic mass is 10.4. The molecule has 2 N–H and O–H groups in total. The van der Waals surface area contributed by atoms with Crippen molar-refractivity contribution >= 4 is 0 Å². The van der Waals surface area contributed by atoms with Crippen LogP contribution in [0.5, 0.6) is 0 Å². The van der Waals surface area contributed by atoms with Crippen LogP contribution in [-0.2, 0) is 14.2 Å². The molecule has 0 atom stereocenters. The fraction of sp³-hybridized carbons (Fsp3) is 1.00. The Morgan fingerprint density at radius 3 is 1.26 bits per heavy atom. The molecule has 0 radical (unpaired) electrons. The van der Waals surface area contributed by atoms with E-state index in [1.54, 1.807) is 0 Å². The topological polar surface area (TPSA) is 68.2 Å². The maximum absolute atomic E-state index is 8.09. The van der Waals surface area contributed by atoms with Gasteiger partial charge in [0.15, 0.2) is 0 Å². The first-order chi connectivity index (χ1) is 9.33. The van der Waals surface area contributed by atoms with Gasteiger partial charge in [-0.1, -0.05) is 26.7 Å². The predicted molar refractivity (Wildman–Crippen MR) is 76.4 cm³/mol. The van der Waals surface area contributed by atoms with Crippen LogP contribution in [0, 0.1) is 0 Å². The molecule has 0 aliphatic carbocycles. The van der Waals surface area contributed by atoms with E-state index < -0.39 is 0 Å². The van der Waals surface area contributed by atoms with Crippen molar-refractivity contribution in [3.63, 3.8) is 0 Å². The molecule has 118 valence electrons. The first-order valence-corrected chi connectivity index (χ1v) is 7.28. The number of hydrogen-bond acceptors (Lipinski definition) is 5. The van der Waals surface area contributed by atoms with E-state index in [9.17, 15) is 0 Å². The predicted octanol–water partition coefficient (Wildman–Crippen LogP) is 1.61. The molecule has 0 aliphatic rings. The van der Waals surface area contributed by atoms with Gasteiger partial charge in [-0.3, -0.25) is 0 Å². The van der Waals surface area contributed by atoms with E-state index >= 15 is 0 Å². The fourth-order valence-electron chi connectivity index (χ4n) is 1.05. The summed E-state index contributed by atoms with van der Waals surface area (Å²) in [6, 6.07) is 0. The third-order valence-corrected chi connectivity index (χ3v) is 2.13. The average Bonchev–Trinajstić information content (AvgIpc) is 2.43. The quantitative estimate of drug-likeness (QED) is 0.502. The molecule has 0 aromatic heterocycles. The van der Waals surface area contributed by atoms with Crippen LogP contribution in [0.4, 0.5) is 0 Å². The summed E-state index contributed by atoms with van der Waals surface area (Å²) in [7, 11) is 0. The molecule has 19 heavy (non-hydrogen) atoms. The second-order valence-corrected chi connectivity index (χ2v) is 3.99. The SMILES string of the molecule is CCCCOCCOCCCC.OCCOCCO. The minimum atomic E-state index is 0.0278.